The molecule has 0 fully saturated rings. The summed E-state index contributed by atoms with van der Waals surface area (Å²) in [6.07, 6.45) is 2.16. The molecule has 2 rings (SSSR count). The highest BCUT2D eigenvalue weighted by molar-refractivity contribution is 9.10. The van der Waals surface area contributed by atoms with Gasteiger partial charge >= 0.3 is 0 Å². The minimum absolute atomic E-state index is 0.932. The Morgan fingerprint density at radius 3 is 2.75 bits per heavy atom. The van der Waals surface area contributed by atoms with Crippen molar-refractivity contribution in [2.24, 2.45) is 0 Å². The van der Waals surface area contributed by atoms with E-state index in [-0.39, 0.29) is 0 Å². The molecule has 0 radical (unpaired) electrons. The normalized spacial score (nSPS) is 11.0. The minimum Gasteiger partial charge on any atom is -0.312 e. The molecule has 1 heterocycles. The second kappa shape index (κ2) is 7.34. The number of aryl methyl sites for hydroxylation is 2. The van der Waals surface area contributed by atoms with Crippen molar-refractivity contribution in [3.8, 4) is 10.6 Å². The first-order valence-electron chi connectivity index (χ1n) is 7.11. The Bertz CT molecular complexity index is 578. The van der Waals surface area contributed by atoms with E-state index in [0.717, 1.165) is 35.4 Å². The molecule has 2 nitrogen and oxygen atoms in total. The Kier molecular flexibility index (Phi) is 5.75. The van der Waals surface area contributed by atoms with Crippen molar-refractivity contribution in [2.75, 3.05) is 6.54 Å². The summed E-state index contributed by atoms with van der Waals surface area (Å²) in [4.78, 5) is 6.17. The standard InChI is InChI=1S/C16H21BrN2S/c1-4-8-18-10-15-14(5-2)19-16(20-15)12-7-6-11(3)13(17)9-12/h6-7,9,18H,4-5,8,10H2,1-3H3. The molecule has 0 saturated heterocycles. The molecule has 1 aromatic carbocycles. The highest BCUT2D eigenvalue weighted by Gasteiger charge is 2.11. The van der Waals surface area contributed by atoms with Crippen molar-refractivity contribution in [1.29, 1.82) is 0 Å². The van der Waals surface area contributed by atoms with E-state index in [9.17, 15) is 0 Å². The van der Waals surface area contributed by atoms with E-state index in [1.165, 1.54) is 21.7 Å². The van der Waals surface area contributed by atoms with Crippen LogP contribution in [0.15, 0.2) is 22.7 Å². The molecule has 0 aliphatic rings. The molecule has 0 spiro atoms. The van der Waals surface area contributed by atoms with Gasteiger partial charge in [-0.2, -0.15) is 0 Å². The minimum atomic E-state index is 0.932. The van der Waals surface area contributed by atoms with E-state index < -0.39 is 0 Å². The molecule has 20 heavy (non-hydrogen) atoms. The zero-order valence-corrected chi connectivity index (χ0v) is 14.7. The summed E-state index contributed by atoms with van der Waals surface area (Å²) in [5.74, 6) is 0. The van der Waals surface area contributed by atoms with Gasteiger partial charge in [0.25, 0.3) is 0 Å². The van der Waals surface area contributed by atoms with Gasteiger partial charge in [-0.25, -0.2) is 4.98 Å². The van der Waals surface area contributed by atoms with Crippen LogP contribution in [0.5, 0.6) is 0 Å². The van der Waals surface area contributed by atoms with Gasteiger partial charge in [0.1, 0.15) is 5.01 Å². The number of hydrogen-bond acceptors (Lipinski definition) is 3. The molecular weight excluding hydrogens is 332 g/mol. The Hall–Kier alpha value is -0.710. The first-order valence-corrected chi connectivity index (χ1v) is 8.72. The van der Waals surface area contributed by atoms with Crippen LogP contribution in [0.4, 0.5) is 0 Å². The van der Waals surface area contributed by atoms with Crippen LogP contribution in [0.1, 0.15) is 36.4 Å². The second-order valence-electron chi connectivity index (χ2n) is 4.88. The van der Waals surface area contributed by atoms with Gasteiger partial charge < -0.3 is 5.32 Å². The maximum atomic E-state index is 4.81. The van der Waals surface area contributed by atoms with Crippen LogP contribution in [-0.2, 0) is 13.0 Å². The number of thiazole rings is 1. The summed E-state index contributed by atoms with van der Waals surface area (Å²) in [7, 11) is 0. The van der Waals surface area contributed by atoms with Crippen LogP contribution in [0, 0.1) is 6.92 Å². The fourth-order valence-corrected chi connectivity index (χ4v) is 3.52. The van der Waals surface area contributed by atoms with Crippen molar-refractivity contribution in [1.82, 2.24) is 10.3 Å². The molecule has 1 N–H and O–H groups in total. The lowest BCUT2D eigenvalue weighted by atomic mass is 10.1. The van der Waals surface area contributed by atoms with Crippen molar-refractivity contribution >= 4 is 27.3 Å². The van der Waals surface area contributed by atoms with Crippen molar-refractivity contribution in [3.63, 3.8) is 0 Å². The lowest BCUT2D eigenvalue weighted by molar-refractivity contribution is 0.677. The van der Waals surface area contributed by atoms with E-state index in [1.807, 2.05) is 11.3 Å². The lowest BCUT2D eigenvalue weighted by Gasteiger charge is -2.01. The summed E-state index contributed by atoms with van der Waals surface area (Å²) < 4.78 is 1.15. The van der Waals surface area contributed by atoms with Gasteiger partial charge in [-0.3, -0.25) is 0 Å². The van der Waals surface area contributed by atoms with Crippen molar-refractivity contribution in [2.45, 2.75) is 40.2 Å². The predicted molar refractivity (Wildman–Crippen MR) is 91.4 cm³/mol. The summed E-state index contributed by atoms with van der Waals surface area (Å²) in [5.41, 5.74) is 3.68. The topological polar surface area (TPSA) is 24.9 Å². The summed E-state index contributed by atoms with van der Waals surface area (Å²) in [5, 5.41) is 4.59. The fourth-order valence-electron chi connectivity index (χ4n) is 2.03. The Morgan fingerprint density at radius 2 is 2.10 bits per heavy atom. The third-order valence-electron chi connectivity index (χ3n) is 3.24. The highest BCUT2D eigenvalue weighted by atomic mass is 79.9. The average Bonchev–Trinajstić information content (AvgIpc) is 2.85. The maximum Gasteiger partial charge on any atom is 0.123 e. The molecule has 0 amide bonds. The fraction of sp³-hybridized carbons (Fsp3) is 0.438. The van der Waals surface area contributed by atoms with Gasteiger partial charge in [-0.15, -0.1) is 11.3 Å². The zero-order valence-electron chi connectivity index (χ0n) is 12.3. The van der Waals surface area contributed by atoms with Crippen LogP contribution in [-0.4, -0.2) is 11.5 Å². The maximum absolute atomic E-state index is 4.81. The molecule has 108 valence electrons. The van der Waals surface area contributed by atoms with Crippen LogP contribution >= 0.6 is 27.3 Å². The van der Waals surface area contributed by atoms with Crippen molar-refractivity contribution in [3.05, 3.63) is 38.8 Å². The lowest BCUT2D eigenvalue weighted by Crippen LogP contribution is -2.13. The summed E-state index contributed by atoms with van der Waals surface area (Å²) in [6, 6.07) is 6.46. The number of nitrogens with zero attached hydrogens (tertiary/aromatic N) is 1. The molecule has 0 bridgehead atoms. The summed E-state index contributed by atoms with van der Waals surface area (Å²) >= 11 is 5.41. The number of rotatable bonds is 6. The zero-order chi connectivity index (χ0) is 14.5. The van der Waals surface area contributed by atoms with Gasteiger partial charge in [0, 0.05) is 21.5 Å². The van der Waals surface area contributed by atoms with E-state index in [2.05, 4.69) is 60.2 Å². The summed E-state index contributed by atoms with van der Waals surface area (Å²) in [6.45, 7) is 8.46. The molecule has 0 saturated carbocycles. The Morgan fingerprint density at radius 1 is 1.30 bits per heavy atom. The van der Waals surface area contributed by atoms with Crippen LogP contribution in [0.25, 0.3) is 10.6 Å². The molecule has 1 aromatic heterocycles. The monoisotopic (exact) mass is 352 g/mol. The smallest absolute Gasteiger partial charge is 0.123 e. The van der Waals surface area contributed by atoms with Crippen LogP contribution < -0.4 is 5.32 Å². The van der Waals surface area contributed by atoms with E-state index >= 15 is 0 Å². The second-order valence-corrected chi connectivity index (χ2v) is 6.82. The number of aromatic nitrogens is 1. The highest BCUT2D eigenvalue weighted by Crippen LogP contribution is 2.31. The van der Waals surface area contributed by atoms with Gasteiger partial charge in [0.2, 0.25) is 0 Å². The molecular formula is C16H21BrN2S. The van der Waals surface area contributed by atoms with Gasteiger partial charge in [-0.1, -0.05) is 41.9 Å². The quantitative estimate of drug-likeness (QED) is 0.744. The number of hydrogen-bond donors (Lipinski definition) is 1. The number of halogens is 1. The number of nitrogens with one attached hydrogen (secondary N) is 1. The average molecular weight is 353 g/mol. The third kappa shape index (κ3) is 3.68. The molecule has 0 unspecified atom stereocenters. The Balaban J connectivity index is 2.25. The predicted octanol–water partition coefficient (Wildman–Crippen LogP) is 4.94. The molecule has 2 aromatic rings. The van der Waals surface area contributed by atoms with Crippen LogP contribution in [0.3, 0.4) is 0 Å². The molecule has 0 aliphatic heterocycles. The van der Waals surface area contributed by atoms with Crippen LogP contribution in [0.2, 0.25) is 0 Å². The molecule has 4 heteroatoms. The molecule has 0 aliphatic carbocycles. The third-order valence-corrected chi connectivity index (χ3v) is 5.25. The number of benzene rings is 1. The van der Waals surface area contributed by atoms with Gasteiger partial charge in [0.15, 0.2) is 0 Å². The largest absolute Gasteiger partial charge is 0.312 e. The van der Waals surface area contributed by atoms with Gasteiger partial charge in [-0.05, 0) is 37.9 Å². The van der Waals surface area contributed by atoms with Crippen molar-refractivity contribution < 1.29 is 0 Å². The molecule has 0 atom stereocenters. The van der Waals surface area contributed by atoms with E-state index in [1.54, 1.807) is 0 Å². The first-order chi connectivity index (χ1) is 9.65. The SMILES string of the molecule is CCCNCc1sc(-c2ccc(C)c(Br)c2)nc1CC. The van der Waals surface area contributed by atoms with Gasteiger partial charge in [0.05, 0.1) is 5.69 Å². The first kappa shape index (κ1) is 15.7. The van der Waals surface area contributed by atoms with E-state index in [4.69, 9.17) is 4.98 Å². The van der Waals surface area contributed by atoms with E-state index in [0.29, 0.717) is 0 Å². The Labute approximate surface area is 133 Å².